The van der Waals surface area contributed by atoms with E-state index < -0.39 is 0 Å². The van der Waals surface area contributed by atoms with Gasteiger partial charge in [0, 0.05) is 6.54 Å². The second-order valence-corrected chi connectivity index (χ2v) is 5.82. The monoisotopic (exact) mass is 341 g/mol. The predicted molar refractivity (Wildman–Crippen MR) is 94.5 cm³/mol. The van der Waals surface area contributed by atoms with Crippen molar-refractivity contribution in [3.63, 3.8) is 0 Å². The summed E-state index contributed by atoms with van der Waals surface area (Å²) in [5.74, 6) is 0.792. The van der Waals surface area contributed by atoms with Crippen molar-refractivity contribution in [2.75, 3.05) is 39.5 Å². The second-order valence-electron chi connectivity index (χ2n) is 5.82. The summed E-state index contributed by atoms with van der Waals surface area (Å²) in [6, 6.07) is 19.5. The molecule has 1 fully saturated rings. The summed E-state index contributed by atoms with van der Waals surface area (Å²) in [6.07, 6.45) is -0.0692. The summed E-state index contributed by atoms with van der Waals surface area (Å²) in [5.41, 5.74) is 1.09. The third-order valence-electron chi connectivity index (χ3n) is 4.06. The van der Waals surface area contributed by atoms with Gasteiger partial charge in [-0.1, -0.05) is 48.5 Å². The van der Waals surface area contributed by atoms with Gasteiger partial charge in [-0.25, -0.2) is 0 Å². The Kier molecular flexibility index (Phi) is 6.42. The number of morpholine rings is 1. The number of hydrogen-bond donors (Lipinski definition) is 0. The van der Waals surface area contributed by atoms with E-state index in [1.165, 1.54) is 0 Å². The van der Waals surface area contributed by atoms with Gasteiger partial charge in [0.15, 0.2) is 0 Å². The maximum Gasteiger partial charge on any atom is 0.248 e. The number of ether oxygens (including phenoxy) is 3. The summed E-state index contributed by atoms with van der Waals surface area (Å²) in [4.78, 5) is 14.1. The molecule has 1 atom stereocenters. The van der Waals surface area contributed by atoms with E-state index in [0.717, 1.165) is 11.3 Å². The van der Waals surface area contributed by atoms with Gasteiger partial charge in [0.25, 0.3) is 0 Å². The molecule has 25 heavy (non-hydrogen) atoms. The molecule has 2 aromatic rings. The molecule has 0 N–H and O–H groups in total. The van der Waals surface area contributed by atoms with Crippen LogP contribution < -0.4 is 4.74 Å². The molecular formula is C20H23NO4. The molecule has 0 spiro atoms. The number of amides is 1. The van der Waals surface area contributed by atoms with Crippen molar-refractivity contribution < 1.29 is 19.0 Å². The standard InChI is InChI=1S/C20H23NO4/c22-20(16-23-13-14-24-18-9-5-2-6-10-18)21-11-12-25-19(15-21)17-7-3-1-4-8-17/h1-10,19H,11-16H2/t19-/m0/s1. The highest BCUT2D eigenvalue weighted by molar-refractivity contribution is 5.77. The molecule has 0 bridgehead atoms. The Balaban J connectivity index is 1.38. The van der Waals surface area contributed by atoms with Crippen molar-refractivity contribution in [3.8, 4) is 5.75 Å². The quantitative estimate of drug-likeness (QED) is 0.727. The first-order chi connectivity index (χ1) is 12.3. The first-order valence-corrected chi connectivity index (χ1v) is 8.53. The van der Waals surface area contributed by atoms with Gasteiger partial charge in [0.05, 0.1) is 19.8 Å². The number of para-hydroxylation sites is 1. The van der Waals surface area contributed by atoms with Crippen molar-refractivity contribution in [1.29, 1.82) is 0 Å². The SMILES string of the molecule is O=C(COCCOc1ccccc1)N1CCO[C@H](c2ccccc2)C1. The van der Waals surface area contributed by atoms with Crippen LogP contribution >= 0.6 is 0 Å². The third kappa shape index (κ3) is 5.31. The summed E-state index contributed by atoms with van der Waals surface area (Å²) < 4.78 is 16.8. The topological polar surface area (TPSA) is 48.0 Å². The molecule has 0 aliphatic carbocycles. The van der Waals surface area contributed by atoms with E-state index in [-0.39, 0.29) is 18.6 Å². The average molecular weight is 341 g/mol. The average Bonchev–Trinajstić information content (AvgIpc) is 2.69. The fraction of sp³-hybridized carbons (Fsp3) is 0.350. The van der Waals surface area contributed by atoms with Crippen LogP contribution in [0.4, 0.5) is 0 Å². The molecule has 1 heterocycles. The first kappa shape index (κ1) is 17.5. The van der Waals surface area contributed by atoms with E-state index >= 15 is 0 Å². The van der Waals surface area contributed by atoms with Crippen LogP contribution in [0.2, 0.25) is 0 Å². The molecular weight excluding hydrogens is 318 g/mol. The summed E-state index contributed by atoms with van der Waals surface area (Å²) in [7, 11) is 0. The van der Waals surface area contributed by atoms with Gasteiger partial charge in [-0.3, -0.25) is 4.79 Å². The fourth-order valence-corrected chi connectivity index (χ4v) is 2.73. The van der Waals surface area contributed by atoms with Crippen LogP contribution in [0.15, 0.2) is 60.7 Å². The number of nitrogens with zero attached hydrogens (tertiary/aromatic N) is 1. The molecule has 132 valence electrons. The van der Waals surface area contributed by atoms with Gasteiger partial charge in [0.2, 0.25) is 5.91 Å². The van der Waals surface area contributed by atoms with Gasteiger partial charge in [0.1, 0.15) is 25.1 Å². The Hall–Kier alpha value is -2.37. The number of benzene rings is 2. The molecule has 1 saturated heterocycles. The maximum absolute atomic E-state index is 12.3. The van der Waals surface area contributed by atoms with E-state index in [9.17, 15) is 4.79 Å². The molecule has 0 saturated carbocycles. The van der Waals surface area contributed by atoms with E-state index in [1.54, 1.807) is 4.90 Å². The van der Waals surface area contributed by atoms with Gasteiger partial charge < -0.3 is 19.1 Å². The lowest BCUT2D eigenvalue weighted by atomic mass is 10.1. The van der Waals surface area contributed by atoms with Crippen LogP contribution in [-0.2, 0) is 14.3 Å². The summed E-state index contributed by atoms with van der Waals surface area (Å²) >= 11 is 0. The molecule has 5 nitrogen and oxygen atoms in total. The number of rotatable bonds is 7. The lowest BCUT2D eigenvalue weighted by molar-refractivity contribution is -0.144. The normalized spacial score (nSPS) is 17.3. The highest BCUT2D eigenvalue weighted by Gasteiger charge is 2.25. The van der Waals surface area contributed by atoms with Crippen LogP contribution in [0.25, 0.3) is 0 Å². The van der Waals surface area contributed by atoms with Gasteiger partial charge in [-0.05, 0) is 17.7 Å². The Morgan fingerprint density at radius 1 is 1.04 bits per heavy atom. The number of carbonyl (C=O) groups is 1. The first-order valence-electron chi connectivity index (χ1n) is 8.53. The minimum Gasteiger partial charge on any atom is -0.491 e. The van der Waals surface area contributed by atoms with Crippen molar-refractivity contribution in [2.24, 2.45) is 0 Å². The van der Waals surface area contributed by atoms with E-state index in [1.807, 2.05) is 60.7 Å². The number of carbonyl (C=O) groups excluding carboxylic acids is 1. The third-order valence-corrected chi connectivity index (χ3v) is 4.06. The van der Waals surface area contributed by atoms with Crippen LogP contribution in [-0.4, -0.2) is 50.3 Å². The lowest BCUT2D eigenvalue weighted by Gasteiger charge is -2.33. The number of hydrogen-bond acceptors (Lipinski definition) is 4. The molecule has 0 aromatic heterocycles. The fourth-order valence-electron chi connectivity index (χ4n) is 2.73. The van der Waals surface area contributed by atoms with E-state index in [4.69, 9.17) is 14.2 Å². The van der Waals surface area contributed by atoms with E-state index in [0.29, 0.717) is 32.9 Å². The highest BCUT2D eigenvalue weighted by Crippen LogP contribution is 2.21. The molecule has 1 aliphatic heterocycles. The zero-order chi connectivity index (χ0) is 17.3. The molecule has 2 aromatic carbocycles. The second kappa shape index (κ2) is 9.20. The molecule has 1 aliphatic rings. The Morgan fingerprint density at radius 3 is 2.52 bits per heavy atom. The Bertz CT molecular complexity index is 647. The van der Waals surface area contributed by atoms with Crippen molar-refractivity contribution in [3.05, 3.63) is 66.2 Å². The lowest BCUT2D eigenvalue weighted by Crippen LogP contribution is -2.44. The van der Waals surface area contributed by atoms with Gasteiger partial charge >= 0.3 is 0 Å². The van der Waals surface area contributed by atoms with Crippen LogP contribution in [0, 0.1) is 0 Å². The highest BCUT2D eigenvalue weighted by atomic mass is 16.5. The van der Waals surface area contributed by atoms with Gasteiger partial charge in [-0.15, -0.1) is 0 Å². The molecule has 5 heteroatoms. The van der Waals surface area contributed by atoms with Crippen LogP contribution in [0.3, 0.4) is 0 Å². The minimum atomic E-state index is -0.0692. The zero-order valence-corrected chi connectivity index (χ0v) is 14.2. The Morgan fingerprint density at radius 2 is 1.76 bits per heavy atom. The molecule has 3 rings (SSSR count). The van der Waals surface area contributed by atoms with Crippen molar-refractivity contribution >= 4 is 5.91 Å². The van der Waals surface area contributed by atoms with Crippen LogP contribution in [0.1, 0.15) is 11.7 Å². The largest absolute Gasteiger partial charge is 0.491 e. The van der Waals surface area contributed by atoms with Crippen molar-refractivity contribution in [2.45, 2.75) is 6.10 Å². The van der Waals surface area contributed by atoms with Gasteiger partial charge in [-0.2, -0.15) is 0 Å². The van der Waals surface area contributed by atoms with Crippen molar-refractivity contribution in [1.82, 2.24) is 4.90 Å². The maximum atomic E-state index is 12.3. The smallest absolute Gasteiger partial charge is 0.248 e. The zero-order valence-electron chi connectivity index (χ0n) is 14.2. The summed E-state index contributed by atoms with van der Waals surface area (Å²) in [6.45, 7) is 2.58. The molecule has 0 unspecified atom stereocenters. The molecule has 1 amide bonds. The predicted octanol–water partition coefficient (Wildman–Crippen LogP) is 2.68. The summed E-state index contributed by atoms with van der Waals surface area (Å²) in [5, 5.41) is 0. The van der Waals surface area contributed by atoms with Crippen LogP contribution in [0.5, 0.6) is 5.75 Å². The molecule has 0 radical (unpaired) electrons. The minimum absolute atomic E-state index is 0.0102. The van der Waals surface area contributed by atoms with E-state index in [2.05, 4.69) is 0 Å². The Labute approximate surface area is 148 Å².